The summed E-state index contributed by atoms with van der Waals surface area (Å²) in [6.07, 6.45) is 6.36. The number of carbonyl (C=O) groups excluding carboxylic acids is 1. The molecule has 0 radical (unpaired) electrons. The van der Waals surface area contributed by atoms with Crippen LogP contribution in [-0.2, 0) is 16.1 Å². The Bertz CT molecular complexity index is 422. The van der Waals surface area contributed by atoms with Crippen molar-refractivity contribution in [2.45, 2.75) is 45.4 Å². The van der Waals surface area contributed by atoms with E-state index in [0.29, 0.717) is 13.0 Å². The van der Waals surface area contributed by atoms with Crippen LogP contribution in [0.3, 0.4) is 0 Å². The lowest BCUT2D eigenvalue weighted by atomic mass is 10.1. The van der Waals surface area contributed by atoms with E-state index in [9.17, 15) is 4.79 Å². The van der Waals surface area contributed by atoms with Gasteiger partial charge in [0.15, 0.2) is 0 Å². The van der Waals surface area contributed by atoms with E-state index in [4.69, 9.17) is 11.2 Å². The number of hydrogen-bond acceptors (Lipinski definition) is 3. The summed E-state index contributed by atoms with van der Waals surface area (Å²) < 4.78 is 5.31. The highest BCUT2D eigenvalue weighted by Crippen LogP contribution is 2.04. The van der Waals surface area contributed by atoms with Crippen molar-refractivity contribution < 1.29 is 9.53 Å². The number of ether oxygens (including phenoxy) is 1. The fourth-order valence-electron chi connectivity index (χ4n) is 1.56. The van der Waals surface area contributed by atoms with E-state index in [1.165, 1.54) is 0 Å². The van der Waals surface area contributed by atoms with Crippen LogP contribution in [0.4, 0.5) is 0 Å². The molecule has 0 aliphatic heterocycles. The molecule has 102 valence electrons. The van der Waals surface area contributed by atoms with Crippen LogP contribution in [0.5, 0.6) is 0 Å². The first-order chi connectivity index (χ1) is 9.17. The van der Waals surface area contributed by atoms with Crippen molar-refractivity contribution in [1.82, 2.24) is 5.32 Å². The summed E-state index contributed by atoms with van der Waals surface area (Å²) in [4.78, 5) is 11.9. The molecule has 0 heterocycles. The van der Waals surface area contributed by atoms with Crippen LogP contribution in [0.15, 0.2) is 30.3 Å². The Morgan fingerprint density at radius 1 is 1.42 bits per heavy atom. The van der Waals surface area contributed by atoms with E-state index in [2.05, 4.69) is 11.2 Å². The van der Waals surface area contributed by atoms with Crippen LogP contribution in [0.2, 0.25) is 0 Å². The Kier molecular flexibility index (Phi) is 6.70. The molecule has 1 N–H and O–H groups in total. The van der Waals surface area contributed by atoms with Gasteiger partial charge >= 0.3 is 5.97 Å². The van der Waals surface area contributed by atoms with Crippen molar-refractivity contribution in [3.63, 3.8) is 0 Å². The van der Waals surface area contributed by atoms with Crippen molar-refractivity contribution in [2.24, 2.45) is 0 Å². The molecule has 3 nitrogen and oxygen atoms in total. The first kappa shape index (κ1) is 15.3. The average Bonchev–Trinajstić information content (AvgIpc) is 2.44. The molecule has 19 heavy (non-hydrogen) atoms. The van der Waals surface area contributed by atoms with Crippen LogP contribution in [-0.4, -0.2) is 18.1 Å². The van der Waals surface area contributed by atoms with E-state index in [1.807, 2.05) is 44.2 Å². The van der Waals surface area contributed by atoms with Crippen molar-refractivity contribution in [3.05, 3.63) is 35.9 Å². The molecule has 2 atom stereocenters. The number of nitrogens with one attached hydrogen (secondary N) is 1. The summed E-state index contributed by atoms with van der Waals surface area (Å²) in [6.45, 7) is 4.45. The van der Waals surface area contributed by atoms with Gasteiger partial charge in [-0.1, -0.05) is 37.3 Å². The van der Waals surface area contributed by atoms with E-state index < -0.39 is 6.04 Å². The van der Waals surface area contributed by atoms with Crippen LogP contribution >= 0.6 is 0 Å². The summed E-state index contributed by atoms with van der Waals surface area (Å²) in [5.41, 5.74) is 1.11. The Balaban J connectivity index is 2.53. The maximum Gasteiger partial charge on any atom is 0.324 e. The minimum Gasteiger partial charge on any atom is -0.461 e. The molecule has 1 rings (SSSR count). The molecule has 0 aliphatic carbocycles. The van der Waals surface area contributed by atoms with Gasteiger partial charge in [0.05, 0.1) is 6.10 Å². The van der Waals surface area contributed by atoms with E-state index in [-0.39, 0.29) is 12.1 Å². The lowest BCUT2D eigenvalue weighted by molar-refractivity contribution is -0.150. The second kappa shape index (κ2) is 8.34. The SMILES string of the molecule is C#CCC(NCc1ccccc1)C(=O)OC(C)CC. The zero-order valence-corrected chi connectivity index (χ0v) is 11.6. The van der Waals surface area contributed by atoms with Gasteiger partial charge in [-0.05, 0) is 18.9 Å². The summed E-state index contributed by atoms with van der Waals surface area (Å²) in [5, 5.41) is 3.15. The average molecular weight is 259 g/mol. The second-order valence-corrected chi connectivity index (χ2v) is 4.48. The quantitative estimate of drug-likeness (QED) is 0.604. The molecule has 2 unspecified atom stereocenters. The van der Waals surface area contributed by atoms with Gasteiger partial charge in [0.25, 0.3) is 0 Å². The Labute approximate surface area is 115 Å². The molecule has 0 bridgehead atoms. The summed E-state index contributed by atoms with van der Waals surface area (Å²) in [6, 6.07) is 9.44. The Morgan fingerprint density at radius 2 is 2.11 bits per heavy atom. The minimum absolute atomic E-state index is 0.0775. The molecule has 0 aliphatic rings. The van der Waals surface area contributed by atoms with Gasteiger partial charge in [0.2, 0.25) is 0 Å². The lowest BCUT2D eigenvalue weighted by Gasteiger charge is -2.18. The fraction of sp³-hybridized carbons (Fsp3) is 0.438. The van der Waals surface area contributed by atoms with Gasteiger partial charge in [-0.25, -0.2) is 0 Å². The molecule has 1 aromatic carbocycles. The molecule has 0 spiro atoms. The van der Waals surface area contributed by atoms with Gasteiger partial charge < -0.3 is 4.74 Å². The summed E-state index contributed by atoms with van der Waals surface area (Å²) in [7, 11) is 0. The van der Waals surface area contributed by atoms with E-state index in [0.717, 1.165) is 12.0 Å². The van der Waals surface area contributed by atoms with Gasteiger partial charge in [-0.2, -0.15) is 0 Å². The van der Waals surface area contributed by atoms with Gasteiger partial charge in [0, 0.05) is 13.0 Å². The lowest BCUT2D eigenvalue weighted by Crippen LogP contribution is -2.38. The van der Waals surface area contributed by atoms with Crippen molar-refractivity contribution in [3.8, 4) is 12.3 Å². The largest absolute Gasteiger partial charge is 0.461 e. The number of rotatable bonds is 7. The molecule has 0 aromatic heterocycles. The van der Waals surface area contributed by atoms with Crippen molar-refractivity contribution in [2.75, 3.05) is 0 Å². The zero-order valence-electron chi connectivity index (χ0n) is 11.6. The van der Waals surface area contributed by atoms with Crippen LogP contribution in [0.1, 0.15) is 32.3 Å². The molecular formula is C16H21NO2. The number of esters is 1. The molecular weight excluding hydrogens is 238 g/mol. The Hall–Kier alpha value is -1.79. The maximum absolute atomic E-state index is 11.9. The first-order valence-corrected chi connectivity index (χ1v) is 6.58. The normalized spacial score (nSPS) is 13.3. The molecule has 0 saturated carbocycles. The number of carbonyl (C=O) groups is 1. The third-order valence-corrected chi connectivity index (χ3v) is 2.89. The highest BCUT2D eigenvalue weighted by Gasteiger charge is 2.20. The second-order valence-electron chi connectivity index (χ2n) is 4.48. The van der Waals surface area contributed by atoms with Crippen LogP contribution < -0.4 is 5.32 Å². The van der Waals surface area contributed by atoms with Gasteiger partial charge in [-0.3, -0.25) is 10.1 Å². The molecule has 1 aromatic rings. The monoisotopic (exact) mass is 259 g/mol. The molecule has 0 amide bonds. The predicted molar refractivity (Wildman–Crippen MR) is 76.4 cm³/mol. The maximum atomic E-state index is 11.9. The van der Waals surface area contributed by atoms with Crippen molar-refractivity contribution in [1.29, 1.82) is 0 Å². The summed E-state index contributed by atoms with van der Waals surface area (Å²) >= 11 is 0. The number of hydrogen-bond donors (Lipinski definition) is 1. The van der Waals surface area contributed by atoms with Crippen LogP contribution in [0, 0.1) is 12.3 Å². The fourth-order valence-corrected chi connectivity index (χ4v) is 1.56. The highest BCUT2D eigenvalue weighted by molar-refractivity contribution is 5.76. The molecule has 0 fully saturated rings. The van der Waals surface area contributed by atoms with Gasteiger partial charge in [0.1, 0.15) is 6.04 Å². The van der Waals surface area contributed by atoms with Gasteiger partial charge in [-0.15, -0.1) is 12.3 Å². The molecule has 0 saturated heterocycles. The van der Waals surface area contributed by atoms with Crippen molar-refractivity contribution >= 4 is 5.97 Å². The topological polar surface area (TPSA) is 38.3 Å². The smallest absolute Gasteiger partial charge is 0.324 e. The number of benzene rings is 1. The standard InChI is InChI=1S/C16H21NO2/c1-4-9-15(16(18)19-13(3)5-2)17-12-14-10-7-6-8-11-14/h1,6-8,10-11,13,15,17H,5,9,12H2,2-3H3. The molecule has 3 heteroatoms. The first-order valence-electron chi connectivity index (χ1n) is 6.58. The highest BCUT2D eigenvalue weighted by atomic mass is 16.5. The number of terminal acetylenes is 1. The third kappa shape index (κ3) is 5.58. The van der Waals surface area contributed by atoms with Crippen LogP contribution in [0.25, 0.3) is 0 Å². The Morgan fingerprint density at radius 3 is 2.68 bits per heavy atom. The predicted octanol–water partition coefficient (Wildman–Crippen LogP) is 2.51. The zero-order chi connectivity index (χ0) is 14.1. The van der Waals surface area contributed by atoms with E-state index >= 15 is 0 Å². The minimum atomic E-state index is -0.445. The summed E-state index contributed by atoms with van der Waals surface area (Å²) in [5.74, 6) is 2.24. The third-order valence-electron chi connectivity index (χ3n) is 2.89. The van der Waals surface area contributed by atoms with E-state index in [1.54, 1.807) is 0 Å².